The summed E-state index contributed by atoms with van der Waals surface area (Å²) in [4.78, 5) is 11.7. The fraction of sp³-hybridized carbons (Fsp3) is 0.286. The first-order chi connectivity index (χ1) is 9.61. The lowest BCUT2D eigenvalue weighted by atomic mass is 10.1. The van der Waals surface area contributed by atoms with Gasteiger partial charge in [-0.2, -0.15) is 5.10 Å². The third-order valence-electron chi connectivity index (χ3n) is 2.95. The molecule has 6 nitrogen and oxygen atoms in total. The number of methoxy groups -OCH3 is 1. The summed E-state index contributed by atoms with van der Waals surface area (Å²) in [6, 6.07) is 7.11. The third kappa shape index (κ3) is 3.09. The first kappa shape index (κ1) is 13.9. The van der Waals surface area contributed by atoms with Crippen molar-refractivity contribution >= 4 is 17.3 Å². The number of nitrogens with two attached hydrogens (primary N) is 1. The van der Waals surface area contributed by atoms with Crippen molar-refractivity contribution in [2.24, 2.45) is 7.05 Å². The van der Waals surface area contributed by atoms with Gasteiger partial charge in [0.1, 0.15) is 0 Å². The number of hydrogen-bond acceptors (Lipinski definition) is 5. The van der Waals surface area contributed by atoms with Crippen molar-refractivity contribution in [1.82, 2.24) is 9.78 Å². The molecule has 6 heteroatoms. The lowest BCUT2D eigenvalue weighted by Crippen LogP contribution is -2.13. The van der Waals surface area contributed by atoms with E-state index >= 15 is 0 Å². The molecule has 20 heavy (non-hydrogen) atoms. The minimum atomic E-state index is -0.405. The van der Waals surface area contributed by atoms with Crippen LogP contribution >= 0.6 is 0 Å². The number of rotatable bonds is 5. The van der Waals surface area contributed by atoms with Crippen LogP contribution in [0, 0.1) is 0 Å². The fourth-order valence-electron chi connectivity index (χ4n) is 1.96. The van der Waals surface area contributed by atoms with E-state index in [1.807, 2.05) is 19.3 Å². The highest BCUT2D eigenvalue weighted by atomic mass is 16.5. The topological polar surface area (TPSA) is 82.2 Å². The Morgan fingerprint density at radius 3 is 2.90 bits per heavy atom. The van der Waals surface area contributed by atoms with Gasteiger partial charge in [0, 0.05) is 26.2 Å². The number of aromatic nitrogens is 2. The van der Waals surface area contributed by atoms with E-state index < -0.39 is 5.97 Å². The fourth-order valence-corrected chi connectivity index (χ4v) is 1.96. The van der Waals surface area contributed by atoms with Crippen LogP contribution in [0.1, 0.15) is 16.1 Å². The number of nitrogens with one attached hydrogen (secondary N) is 1. The molecule has 0 radical (unpaired) electrons. The number of nitrogens with zero attached hydrogens (tertiary/aromatic N) is 2. The minimum absolute atomic E-state index is 0.405. The third-order valence-corrected chi connectivity index (χ3v) is 2.95. The van der Waals surface area contributed by atoms with Crippen molar-refractivity contribution in [2.75, 3.05) is 24.7 Å². The highest BCUT2D eigenvalue weighted by molar-refractivity contribution is 5.98. The van der Waals surface area contributed by atoms with Crippen LogP contribution in [0.3, 0.4) is 0 Å². The van der Waals surface area contributed by atoms with Gasteiger partial charge in [0.15, 0.2) is 0 Å². The van der Waals surface area contributed by atoms with E-state index in [2.05, 4.69) is 10.4 Å². The Morgan fingerprint density at radius 1 is 1.45 bits per heavy atom. The molecule has 0 bridgehead atoms. The first-order valence-corrected chi connectivity index (χ1v) is 6.31. The summed E-state index contributed by atoms with van der Waals surface area (Å²) in [5, 5.41) is 7.47. The monoisotopic (exact) mass is 274 g/mol. The van der Waals surface area contributed by atoms with Crippen LogP contribution in [0.5, 0.6) is 0 Å². The van der Waals surface area contributed by atoms with Crippen molar-refractivity contribution < 1.29 is 9.53 Å². The minimum Gasteiger partial charge on any atom is -0.465 e. The molecule has 0 saturated heterocycles. The van der Waals surface area contributed by atoms with Crippen LogP contribution in [0.15, 0.2) is 30.5 Å². The molecule has 1 aromatic carbocycles. The summed E-state index contributed by atoms with van der Waals surface area (Å²) >= 11 is 0. The molecule has 0 amide bonds. The molecule has 0 spiro atoms. The van der Waals surface area contributed by atoms with Crippen LogP contribution in [-0.4, -0.2) is 29.4 Å². The Morgan fingerprint density at radius 2 is 2.25 bits per heavy atom. The second kappa shape index (κ2) is 6.10. The van der Waals surface area contributed by atoms with Crippen molar-refractivity contribution in [1.29, 1.82) is 0 Å². The summed E-state index contributed by atoms with van der Waals surface area (Å²) in [5.74, 6) is -0.405. The molecule has 0 atom stereocenters. The maximum atomic E-state index is 11.7. The normalized spacial score (nSPS) is 10.3. The molecule has 2 aromatic rings. The number of aryl methyl sites for hydroxylation is 1. The van der Waals surface area contributed by atoms with Gasteiger partial charge in [0.05, 0.1) is 29.7 Å². The van der Waals surface area contributed by atoms with E-state index in [-0.39, 0.29) is 0 Å². The van der Waals surface area contributed by atoms with Crippen LogP contribution in [-0.2, 0) is 18.2 Å². The predicted octanol–water partition coefficient (Wildman–Crippen LogP) is 1.44. The Balaban J connectivity index is 2.06. The van der Waals surface area contributed by atoms with Gasteiger partial charge in [-0.15, -0.1) is 0 Å². The number of carbonyl (C=O) groups is 1. The average Bonchev–Trinajstić information content (AvgIpc) is 2.85. The Bertz CT molecular complexity index is 607. The summed E-state index contributed by atoms with van der Waals surface area (Å²) in [7, 11) is 3.23. The van der Waals surface area contributed by atoms with Crippen molar-refractivity contribution in [3.63, 3.8) is 0 Å². The lowest BCUT2D eigenvalue weighted by molar-refractivity contribution is 0.0602. The maximum Gasteiger partial charge on any atom is 0.340 e. The number of esters is 1. The SMILES string of the molecule is COC(=O)c1cccc(N)c1NCCc1ccn(C)n1. The van der Waals surface area contributed by atoms with Crippen molar-refractivity contribution in [3.8, 4) is 0 Å². The number of benzene rings is 1. The van der Waals surface area contributed by atoms with Gasteiger partial charge in [-0.3, -0.25) is 4.68 Å². The molecule has 106 valence electrons. The molecule has 2 rings (SSSR count). The number of para-hydroxylation sites is 1. The zero-order valence-electron chi connectivity index (χ0n) is 11.6. The van der Waals surface area contributed by atoms with Gasteiger partial charge in [0.25, 0.3) is 0 Å². The molecule has 0 fully saturated rings. The van der Waals surface area contributed by atoms with Crippen molar-refractivity contribution in [2.45, 2.75) is 6.42 Å². The lowest BCUT2D eigenvalue weighted by Gasteiger charge is -2.12. The maximum absolute atomic E-state index is 11.7. The highest BCUT2D eigenvalue weighted by Crippen LogP contribution is 2.24. The highest BCUT2D eigenvalue weighted by Gasteiger charge is 2.13. The molecule has 3 N–H and O–H groups in total. The van der Waals surface area contributed by atoms with Crippen LogP contribution < -0.4 is 11.1 Å². The molecule has 1 aromatic heterocycles. The van der Waals surface area contributed by atoms with Crippen LogP contribution in [0.25, 0.3) is 0 Å². The standard InChI is InChI=1S/C14H18N4O2/c1-18-9-7-10(17-18)6-8-16-13-11(14(19)20-2)4-3-5-12(13)15/h3-5,7,9,16H,6,8,15H2,1-2H3. The predicted molar refractivity (Wildman–Crippen MR) is 77.6 cm³/mol. The summed E-state index contributed by atoms with van der Waals surface area (Å²) < 4.78 is 6.51. The second-order valence-electron chi connectivity index (χ2n) is 4.42. The molecular weight excluding hydrogens is 256 g/mol. The quantitative estimate of drug-likeness (QED) is 0.637. The van der Waals surface area contributed by atoms with E-state index in [4.69, 9.17) is 10.5 Å². The van der Waals surface area contributed by atoms with Gasteiger partial charge >= 0.3 is 5.97 Å². The zero-order chi connectivity index (χ0) is 14.5. The zero-order valence-corrected chi connectivity index (χ0v) is 11.6. The van der Waals surface area contributed by atoms with Gasteiger partial charge in [-0.25, -0.2) is 4.79 Å². The molecule has 0 saturated carbocycles. The molecule has 0 aliphatic heterocycles. The molecule has 0 unspecified atom stereocenters. The van der Waals surface area contributed by atoms with Crippen molar-refractivity contribution in [3.05, 3.63) is 41.7 Å². The van der Waals surface area contributed by atoms with E-state index in [1.54, 1.807) is 22.9 Å². The number of anilines is 2. The van der Waals surface area contributed by atoms with E-state index in [1.165, 1.54) is 7.11 Å². The first-order valence-electron chi connectivity index (χ1n) is 6.31. The largest absolute Gasteiger partial charge is 0.465 e. The van der Waals surface area contributed by atoms with Gasteiger partial charge in [-0.05, 0) is 18.2 Å². The second-order valence-corrected chi connectivity index (χ2v) is 4.42. The number of carbonyl (C=O) groups excluding carboxylic acids is 1. The molecule has 0 aliphatic carbocycles. The molecular formula is C14H18N4O2. The molecule has 1 heterocycles. The van der Waals surface area contributed by atoms with Gasteiger partial charge in [-0.1, -0.05) is 6.07 Å². The van der Waals surface area contributed by atoms with E-state index in [0.717, 1.165) is 12.1 Å². The van der Waals surface area contributed by atoms with E-state index in [0.29, 0.717) is 23.5 Å². The Labute approximate surface area is 117 Å². The number of nitrogen functional groups attached to an aromatic ring is 1. The van der Waals surface area contributed by atoms with Gasteiger partial charge in [0.2, 0.25) is 0 Å². The number of hydrogen-bond donors (Lipinski definition) is 2. The van der Waals surface area contributed by atoms with Crippen LogP contribution in [0.2, 0.25) is 0 Å². The van der Waals surface area contributed by atoms with Gasteiger partial charge < -0.3 is 15.8 Å². The smallest absolute Gasteiger partial charge is 0.340 e. The summed E-state index contributed by atoms with van der Waals surface area (Å²) in [5.41, 5.74) is 8.46. The van der Waals surface area contributed by atoms with E-state index in [9.17, 15) is 4.79 Å². The Kier molecular flexibility index (Phi) is 4.24. The Hall–Kier alpha value is -2.50. The average molecular weight is 274 g/mol. The molecule has 0 aliphatic rings. The summed E-state index contributed by atoms with van der Waals surface area (Å²) in [6.45, 7) is 0.634. The number of ether oxygens (including phenoxy) is 1. The summed E-state index contributed by atoms with van der Waals surface area (Å²) in [6.07, 6.45) is 2.64. The van der Waals surface area contributed by atoms with Crippen LogP contribution in [0.4, 0.5) is 11.4 Å².